The molecule has 0 N–H and O–H groups in total. The van der Waals surface area contributed by atoms with Crippen LogP contribution in [0.2, 0.25) is 0 Å². The maximum Gasteiger partial charge on any atom is 0.143 e. The van der Waals surface area contributed by atoms with Crippen LogP contribution in [-0.2, 0) is 0 Å². The molecule has 1 heterocycles. The van der Waals surface area contributed by atoms with Crippen molar-refractivity contribution in [3.8, 4) is 22.3 Å². The van der Waals surface area contributed by atoms with Crippen molar-refractivity contribution in [3.63, 3.8) is 0 Å². The van der Waals surface area contributed by atoms with Crippen molar-refractivity contribution in [2.24, 2.45) is 0 Å². The number of anilines is 3. The van der Waals surface area contributed by atoms with E-state index in [-0.39, 0.29) is 0 Å². The zero-order valence-corrected chi connectivity index (χ0v) is 25.1. The first-order chi connectivity index (χ1) is 22.8. The maximum absolute atomic E-state index is 6.55. The Morgan fingerprint density at radius 2 is 0.935 bits per heavy atom. The van der Waals surface area contributed by atoms with E-state index in [0.29, 0.717) is 0 Å². The van der Waals surface area contributed by atoms with Crippen LogP contribution < -0.4 is 4.90 Å². The fourth-order valence-corrected chi connectivity index (χ4v) is 6.76. The number of furan rings is 1. The maximum atomic E-state index is 6.55. The summed E-state index contributed by atoms with van der Waals surface area (Å²) in [6.45, 7) is 0. The molecule has 2 nitrogen and oxygen atoms in total. The van der Waals surface area contributed by atoms with Crippen LogP contribution in [0.1, 0.15) is 0 Å². The molecule has 0 aliphatic heterocycles. The Morgan fingerprint density at radius 3 is 1.70 bits per heavy atom. The molecule has 0 bridgehead atoms. The molecule has 0 saturated carbocycles. The van der Waals surface area contributed by atoms with E-state index in [1.807, 2.05) is 0 Å². The van der Waals surface area contributed by atoms with Gasteiger partial charge in [-0.2, -0.15) is 0 Å². The number of nitrogens with zero attached hydrogens (tertiary/aromatic N) is 1. The Labute approximate surface area is 267 Å². The van der Waals surface area contributed by atoms with Crippen molar-refractivity contribution >= 4 is 60.5 Å². The first kappa shape index (κ1) is 26.3. The molecule has 0 saturated heterocycles. The molecule has 1 aromatic heterocycles. The van der Waals surface area contributed by atoms with E-state index < -0.39 is 0 Å². The lowest BCUT2D eigenvalue weighted by atomic mass is 10.0. The molecule has 8 aromatic carbocycles. The summed E-state index contributed by atoms with van der Waals surface area (Å²) in [5.41, 5.74) is 9.80. The second-order valence-electron chi connectivity index (χ2n) is 11.8. The number of hydrogen-bond acceptors (Lipinski definition) is 2. The summed E-state index contributed by atoms with van der Waals surface area (Å²) in [5, 5.41) is 7.11. The molecule has 216 valence electrons. The average molecular weight is 588 g/mol. The van der Waals surface area contributed by atoms with Gasteiger partial charge in [0.1, 0.15) is 11.2 Å². The van der Waals surface area contributed by atoms with Gasteiger partial charge in [-0.1, -0.05) is 133 Å². The third kappa shape index (κ3) is 4.43. The van der Waals surface area contributed by atoms with Crippen LogP contribution in [-0.4, -0.2) is 0 Å². The standard InChI is InChI=1S/C44H29NO/c1-2-10-30(11-3-1)31-20-24-36(25-21-31)45(42-19-8-15-32-12-6-7-16-38(32)42)37-26-22-33(23-27-37)39-17-9-18-40-41-28-34-13-4-5-14-35(34)29-43(41)46-44(39)40/h1-29H. The molecule has 46 heavy (non-hydrogen) atoms. The van der Waals surface area contributed by atoms with Crippen molar-refractivity contribution in [2.45, 2.75) is 0 Å². The van der Waals surface area contributed by atoms with Gasteiger partial charge in [0.2, 0.25) is 0 Å². The number of rotatable bonds is 5. The van der Waals surface area contributed by atoms with Crippen LogP contribution in [0.4, 0.5) is 17.1 Å². The molecule has 0 amide bonds. The zero-order valence-electron chi connectivity index (χ0n) is 25.1. The van der Waals surface area contributed by atoms with Crippen LogP contribution in [0.15, 0.2) is 180 Å². The summed E-state index contributed by atoms with van der Waals surface area (Å²) in [7, 11) is 0. The largest absolute Gasteiger partial charge is 0.455 e. The van der Waals surface area contributed by atoms with Gasteiger partial charge in [0.25, 0.3) is 0 Å². The lowest BCUT2D eigenvalue weighted by molar-refractivity contribution is 0.670. The zero-order chi connectivity index (χ0) is 30.5. The topological polar surface area (TPSA) is 16.4 Å². The fraction of sp³-hybridized carbons (Fsp3) is 0. The van der Waals surface area contributed by atoms with Gasteiger partial charge >= 0.3 is 0 Å². The van der Waals surface area contributed by atoms with Crippen LogP contribution in [0.5, 0.6) is 0 Å². The fourth-order valence-electron chi connectivity index (χ4n) is 6.76. The number of hydrogen-bond donors (Lipinski definition) is 0. The van der Waals surface area contributed by atoms with Gasteiger partial charge in [0.15, 0.2) is 0 Å². The number of fused-ring (bicyclic) bond motifs is 5. The highest BCUT2D eigenvalue weighted by molar-refractivity contribution is 6.13. The molecule has 9 aromatic rings. The molecule has 0 atom stereocenters. The highest BCUT2D eigenvalue weighted by Gasteiger charge is 2.17. The predicted octanol–water partition coefficient (Wildman–Crippen LogP) is 12.7. The monoisotopic (exact) mass is 587 g/mol. The molecule has 0 fully saturated rings. The second-order valence-corrected chi connectivity index (χ2v) is 11.8. The molecule has 0 radical (unpaired) electrons. The van der Waals surface area contributed by atoms with Crippen molar-refractivity contribution in [3.05, 3.63) is 176 Å². The molecule has 0 aliphatic carbocycles. The van der Waals surface area contributed by atoms with E-state index in [1.54, 1.807) is 0 Å². The lowest BCUT2D eigenvalue weighted by Crippen LogP contribution is -2.10. The number of benzene rings is 8. The minimum Gasteiger partial charge on any atom is -0.455 e. The van der Waals surface area contributed by atoms with Gasteiger partial charge in [-0.15, -0.1) is 0 Å². The Morgan fingerprint density at radius 1 is 0.370 bits per heavy atom. The smallest absolute Gasteiger partial charge is 0.143 e. The summed E-state index contributed by atoms with van der Waals surface area (Å²) in [5.74, 6) is 0. The highest BCUT2D eigenvalue weighted by atomic mass is 16.3. The van der Waals surface area contributed by atoms with E-state index in [1.165, 1.54) is 32.7 Å². The quantitative estimate of drug-likeness (QED) is 0.199. The van der Waals surface area contributed by atoms with Crippen LogP contribution in [0, 0.1) is 0 Å². The first-order valence-corrected chi connectivity index (χ1v) is 15.7. The summed E-state index contributed by atoms with van der Waals surface area (Å²) in [4.78, 5) is 2.36. The van der Waals surface area contributed by atoms with Gasteiger partial charge in [-0.25, -0.2) is 0 Å². The molecular weight excluding hydrogens is 558 g/mol. The first-order valence-electron chi connectivity index (χ1n) is 15.7. The summed E-state index contributed by atoms with van der Waals surface area (Å²) < 4.78 is 6.55. The number of para-hydroxylation sites is 1. The van der Waals surface area contributed by atoms with E-state index in [2.05, 4.69) is 181 Å². The second kappa shape index (κ2) is 10.8. The summed E-state index contributed by atoms with van der Waals surface area (Å²) in [6.07, 6.45) is 0. The average Bonchev–Trinajstić information content (AvgIpc) is 3.49. The van der Waals surface area contributed by atoms with Crippen molar-refractivity contribution in [1.82, 2.24) is 0 Å². The lowest BCUT2D eigenvalue weighted by Gasteiger charge is -2.27. The Hall–Kier alpha value is -6.12. The molecular formula is C44H29NO. The Balaban J connectivity index is 1.16. The third-order valence-electron chi connectivity index (χ3n) is 9.04. The van der Waals surface area contributed by atoms with E-state index in [0.717, 1.165) is 50.1 Å². The van der Waals surface area contributed by atoms with E-state index in [4.69, 9.17) is 4.42 Å². The molecule has 0 unspecified atom stereocenters. The Kier molecular flexibility index (Phi) is 6.17. The van der Waals surface area contributed by atoms with Gasteiger partial charge in [0.05, 0.1) is 5.69 Å². The van der Waals surface area contributed by atoms with Crippen molar-refractivity contribution in [1.29, 1.82) is 0 Å². The molecule has 0 spiro atoms. The van der Waals surface area contributed by atoms with Crippen LogP contribution in [0.25, 0.3) is 65.7 Å². The van der Waals surface area contributed by atoms with Gasteiger partial charge in [-0.05, 0) is 75.3 Å². The van der Waals surface area contributed by atoms with Crippen LogP contribution >= 0.6 is 0 Å². The minimum absolute atomic E-state index is 0.916. The van der Waals surface area contributed by atoms with E-state index in [9.17, 15) is 0 Å². The van der Waals surface area contributed by atoms with Gasteiger partial charge in [-0.3, -0.25) is 0 Å². The molecule has 0 aliphatic rings. The van der Waals surface area contributed by atoms with Crippen molar-refractivity contribution < 1.29 is 4.42 Å². The SMILES string of the molecule is c1ccc(-c2ccc(N(c3ccc(-c4cccc5c4oc4cc6ccccc6cc45)cc3)c3cccc4ccccc34)cc2)cc1. The highest BCUT2D eigenvalue weighted by Crippen LogP contribution is 2.42. The van der Waals surface area contributed by atoms with Gasteiger partial charge < -0.3 is 9.32 Å². The van der Waals surface area contributed by atoms with Gasteiger partial charge in [0, 0.05) is 33.1 Å². The minimum atomic E-state index is 0.916. The van der Waals surface area contributed by atoms with Crippen LogP contribution in [0.3, 0.4) is 0 Å². The third-order valence-corrected chi connectivity index (χ3v) is 9.04. The molecule has 2 heteroatoms. The predicted molar refractivity (Wildman–Crippen MR) is 194 cm³/mol. The van der Waals surface area contributed by atoms with Crippen molar-refractivity contribution in [2.75, 3.05) is 4.90 Å². The molecule has 9 rings (SSSR count). The summed E-state index contributed by atoms with van der Waals surface area (Å²) >= 11 is 0. The Bertz CT molecular complexity index is 2500. The normalized spacial score (nSPS) is 11.5. The summed E-state index contributed by atoms with van der Waals surface area (Å²) in [6, 6.07) is 62.7. The van der Waals surface area contributed by atoms with E-state index >= 15 is 0 Å².